The van der Waals surface area contributed by atoms with Crippen molar-refractivity contribution in [1.29, 1.82) is 0 Å². The number of aromatic nitrogens is 2. The second kappa shape index (κ2) is 25.9. The minimum Gasteiger partial charge on any atom is -0.354 e. The van der Waals surface area contributed by atoms with Crippen LogP contribution in [0.4, 0.5) is 34.1 Å². The molecule has 0 amide bonds. The van der Waals surface area contributed by atoms with E-state index in [1.54, 1.807) is 0 Å². The van der Waals surface area contributed by atoms with Crippen LogP contribution in [0.3, 0.4) is 0 Å². The lowest BCUT2D eigenvalue weighted by Crippen LogP contribution is -2.14. The first kappa shape index (κ1) is 65.5. The van der Waals surface area contributed by atoms with Crippen LogP contribution in [-0.2, 0) is 10.8 Å². The molecule has 5 heteroatoms. The Morgan fingerprint density at radius 2 is 0.587 bits per heavy atom. The van der Waals surface area contributed by atoms with Gasteiger partial charge in [-0.2, -0.15) is 0 Å². The fourth-order valence-electron chi connectivity index (χ4n) is 17.0. The molecule has 16 aromatic carbocycles. The summed E-state index contributed by atoms with van der Waals surface area (Å²) in [6.07, 6.45) is 0. The number of fused-ring (bicyclic) bond motifs is 13. The van der Waals surface area contributed by atoms with Gasteiger partial charge in [0.05, 0.1) is 11.4 Å². The lowest BCUT2D eigenvalue weighted by atomic mass is 9.86. The van der Waals surface area contributed by atoms with Gasteiger partial charge < -0.3 is 19.8 Å². The van der Waals surface area contributed by atoms with E-state index in [9.17, 15) is 0 Å². The summed E-state index contributed by atoms with van der Waals surface area (Å²) >= 11 is 1.86. The van der Waals surface area contributed by atoms with E-state index >= 15 is 0 Å². The van der Waals surface area contributed by atoms with Crippen LogP contribution in [0.1, 0.15) is 52.7 Å². The van der Waals surface area contributed by atoms with Crippen molar-refractivity contribution in [3.05, 3.63) is 363 Å². The average molecular weight is 1420 g/mol. The molecule has 2 N–H and O–H groups in total. The summed E-state index contributed by atoms with van der Waals surface area (Å²) in [4.78, 5) is 12.3. The molecule has 2 aliphatic carbocycles. The van der Waals surface area contributed by atoms with E-state index < -0.39 is 0 Å². The van der Waals surface area contributed by atoms with E-state index in [0.717, 1.165) is 34.1 Å². The third-order valence-corrected chi connectivity index (χ3v) is 23.8. The van der Waals surface area contributed by atoms with Gasteiger partial charge in [0.2, 0.25) is 0 Å². The van der Waals surface area contributed by atoms with Crippen LogP contribution in [0.15, 0.2) is 352 Å². The number of anilines is 6. The zero-order valence-electron chi connectivity index (χ0n) is 61.8. The van der Waals surface area contributed by atoms with E-state index in [-0.39, 0.29) is 10.8 Å². The Morgan fingerprint density at radius 3 is 1.10 bits per heavy atom. The second-order valence-corrected chi connectivity index (χ2v) is 32.5. The summed E-state index contributed by atoms with van der Waals surface area (Å²) in [5.41, 5.74) is 34.4. The van der Waals surface area contributed by atoms with Crippen LogP contribution in [0.5, 0.6) is 0 Å². The highest BCUT2D eigenvalue weighted by Gasteiger charge is 2.29. The van der Waals surface area contributed by atoms with Crippen LogP contribution in [0.25, 0.3) is 164 Å². The van der Waals surface area contributed by atoms with Gasteiger partial charge in [-0.1, -0.05) is 284 Å². The van der Waals surface area contributed by atoms with Crippen molar-refractivity contribution in [2.45, 2.75) is 52.4 Å². The third-order valence-electron chi connectivity index (χ3n) is 22.6. The van der Waals surface area contributed by atoms with Gasteiger partial charge in [-0.25, -0.2) is 0 Å². The Labute approximate surface area is 640 Å². The molecule has 0 saturated heterocycles. The van der Waals surface area contributed by atoms with E-state index in [1.807, 2.05) is 11.3 Å². The number of nitrogens with zero attached hydrogens (tertiary/aromatic N) is 2. The number of hydrogen-bond acceptors (Lipinski definition) is 3. The summed E-state index contributed by atoms with van der Waals surface area (Å²) in [6, 6.07) is 129. The van der Waals surface area contributed by atoms with Gasteiger partial charge in [0.15, 0.2) is 0 Å². The lowest BCUT2D eigenvalue weighted by Gasteiger charge is -2.28. The highest BCUT2D eigenvalue weighted by atomic mass is 32.1. The van der Waals surface area contributed by atoms with Gasteiger partial charge >= 0.3 is 0 Å². The minimum absolute atomic E-state index is 0.0990. The zero-order valence-corrected chi connectivity index (χ0v) is 62.6. The van der Waals surface area contributed by atoms with E-state index in [4.69, 9.17) is 0 Å². The van der Waals surface area contributed by atoms with Crippen molar-refractivity contribution in [2.75, 3.05) is 9.80 Å². The Morgan fingerprint density at radius 1 is 0.239 bits per heavy atom. The Kier molecular flexibility index (Phi) is 15.5. The highest BCUT2D eigenvalue weighted by molar-refractivity contribution is 7.25. The van der Waals surface area contributed by atoms with Crippen LogP contribution >= 0.6 is 11.3 Å². The van der Waals surface area contributed by atoms with Gasteiger partial charge in [0.25, 0.3) is 0 Å². The molecule has 0 saturated carbocycles. The van der Waals surface area contributed by atoms with E-state index in [1.165, 1.54) is 175 Å². The number of thiophene rings is 1. The third kappa shape index (κ3) is 11.5. The monoisotopic (exact) mass is 1410 g/mol. The largest absolute Gasteiger partial charge is 0.354 e. The van der Waals surface area contributed by atoms with Gasteiger partial charge in [0, 0.05) is 98.4 Å². The molecule has 19 aromatic rings. The van der Waals surface area contributed by atoms with Crippen molar-refractivity contribution in [1.82, 2.24) is 9.97 Å². The topological polar surface area (TPSA) is 38.1 Å². The van der Waals surface area contributed by atoms with E-state index in [2.05, 4.69) is 413 Å². The number of H-pyrrole nitrogens is 2. The number of benzene rings is 16. The standard InChI is InChI=1S/C54H34N2S.C50H44N2/c1-2-9-34(10-3-1)35-23-26-41(27-24-35)56(43-28-29-45-44-15-4-5-18-50(44)57-51(45)33-43)42-14-6-13-39(31-42)36-19-21-37(22-20-36)40-25-30-49-48(32-40)53-46-16-7-11-38-12-8-17-47(52(38)46)54(53)55-49;1-49(2,3)37-19-25-40(26-20-37)52(41-27-21-38(22-28-41)50(4,5)6)39-23-16-32(17-24-39)34-12-7-13-35(30-34)36-18-29-45-44(31-36)47-42-14-8-10-33-11-9-15-43(46(33)42)48(47)51-45/h1-33,55H;7-31,51H,1-6H3. The molecule has 21 rings (SSSR count). The maximum Gasteiger partial charge on any atom is 0.0551 e. The SMILES string of the molecule is CC(C)(C)c1ccc(N(c2ccc(-c3cccc(-c4ccc5[nH]c6c(c5c4)-c4cccc5cccc-6c45)c3)cc2)c2ccc(C(C)(C)C)cc2)cc1.c1ccc(-c2ccc(N(c3cccc(-c4ccc(-c5ccc6[nH]c7c(c6c5)-c5cccc6cccc-7c56)cc4)c3)c3ccc4c(c3)sc3ccccc34)cc2)cc1. The van der Waals surface area contributed by atoms with Crippen molar-refractivity contribution in [3.8, 4) is 100 Å². The predicted molar refractivity (Wildman–Crippen MR) is 467 cm³/mol. The molecule has 0 aliphatic heterocycles. The zero-order chi connectivity index (χ0) is 73.2. The fourth-order valence-corrected chi connectivity index (χ4v) is 18.1. The Balaban J connectivity index is 0.000000144. The second-order valence-electron chi connectivity index (χ2n) is 31.4. The Bertz CT molecular complexity index is 6690. The van der Waals surface area contributed by atoms with Gasteiger partial charge in [-0.3, -0.25) is 0 Å². The maximum absolute atomic E-state index is 3.75. The minimum atomic E-state index is 0.0990. The van der Waals surface area contributed by atoms with Crippen LogP contribution in [0, 0.1) is 0 Å². The molecule has 4 nitrogen and oxygen atoms in total. The fraction of sp³-hybridized carbons (Fsp3) is 0.0769. The number of aromatic amines is 2. The molecule has 3 heterocycles. The molecular formula is C104H78N4S. The molecule has 0 radical (unpaired) electrons. The van der Waals surface area contributed by atoms with Crippen LogP contribution < -0.4 is 9.80 Å². The predicted octanol–water partition coefficient (Wildman–Crippen LogP) is 30.2. The van der Waals surface area contributed by atoms with Gasteiger partial charge in [-0.05, 0) is 219 Å². The van der Waals surface area contributed by atoms with E-state index in [0.29, 0.717) is 0 Å². The molecule has 0 spiro atoms. The van der Waals surface area contributed by atoms with Crippen molar-refractivity contribution in [3.63, 3.8) is 0 Å². The lowest BCUT2D eigenvalue weighted by molar-refractivity contribution is 0.590. The Hall–Kier alpha value is -13.1. The molecule has 0 fully saturated rings. The molecule has 3 aromatic heterocycles. The molecule has 2 aliphatic rings. The molecule has 109 heavy (non-hydrogen) atoms. The summed E-state index contributed by atoms with van der Waals surface area (Å²) in [5.74, 6) is 0. The molecule has 0 atom stereocenters. The quantitative estimate of drug-likeness (QED) is 0.135. The molecule has 0 bridgehead atoms. The number of rotatable bonds is 11. The average Bonchev–Trinajstić information content (AvgIpc) is 1.56. The molecule has 0 unspecified atom stereocenters. The smallest absolute Gasteiger partial charge is 0.0551 e. The van der Waals surface area contributed by atoms with Crippen LogP contribution in [-0.4, -0.2) is 9.97 Å². The maximum atomic E-state index is 3.75. The van der Waals surface area contributed by atoms with Crippen molar-refractivity contribution in [2.24, 2.45) is 0 Å². The van der Waals surface area contributed by atoms with Crippen molar-refractivity contribution < 1.29 is 0 Å². The first-order valence-corrected chi connectivity index (χ1v) is 38.7. The van der Waals surface area contributed by atoms with Gasteiger partial charge in [-0.15, -0.1) is 11.3 Å². The van der Waals surface area contributed by atoms with Crippen LogP contribution in [0.2, 0.25) is 0 Å². The first-order chi connectivity index (χ1) is 53.3. The summed E-state index contributed by atoms with van der Waals surface area (Å²) in [7, 11) is 0. The molecule has 520 valence electrons. The summed E-state index contributed by atoms with van der Waals surface area (Å²) < 4.78 is 2.60. The van der Waals surface area contributed by atoms with Crippen molar-refractivity contribution >= 4 is 109 Å². The highest BCUT2D eigenvalue weighted by Crippen LogP contribution is 2.53. The summed E-state index contributed by atoms with van der Waals surface area (Å²) in [6.45, 7) is 13.6. The number of hydrogen-bond donors (Lipinski definition) is 2. The van der Waals surface area contributed by atoms with Gasteiger partial charge in [0.1, 0.15) is 0 Å². The normalized spacial score (nSPS) is 12.1. The molecular weight excluding hydrogens is 1340 g/mol. The summed E-state index contributed by atoms with van der Waals surface area (Å²) in [5, 5.41) is 10.5. The number of nitrogens with one attached hydrogen (secondary N) is 2. The first-order valence-electron chi connectivity index (χ1n) is 37.9.